The van der Waals surface area contributed by atoms with Crippen LogP contribution in [0.25, 0.3) is 0 Å². The number of benzene rings is 4. The van der Waals surface area contributed by atoms with Crippen LogP contribution in [0.1, 0.15) is 47.6 Å². The molecule has 4 aromatic rings. The maximum atomic E-state index is 10.7. The van der Waals surface area contributed by atoms with Crippen molar-refractivity contribution in [1.82, 2.24) is 0 Å². The van der Waals surface area contributed by atoms with Gasteiger partial charge in [0, 0.05) is 0 Å². The molecule has 0 aliphatic heterocycles. The van der Waals surface area contributed by atoms with Crippen molar-refractivity contribution < 1.29 is 5.11 Å². The van der Waals surface area contributed by atoms with Crippen LogP contribution in [0.15, 0.2) is 91.0 Å². The predicted octanol–water partition coefficient (Wildman–Crippen LogP) is 6.93. The van der Waals surface area contributed by atoms with E-state index in [1.807, 2.05) is 0 Å². The van der Waals surface area contributed by atoms with Gasteiger partial charge in [-0.3, -0.25) is 0 Å². The summed E-state index contributed by atoms with van der Waals surface area (Å²) in [4.78, 5) is 0. The number of hydrogen-bond donors (Lipinski definition) is 1. The van der Waals surface area contributed by atoms with Gasteiger partial charge in [0.25, 0.3) is 0 Å². The molecule has 1 N–H and O–H groups in total. The Kier molecular flexibility index (Phi) is 6.80. The number of hydrogen-bond acceptors (Lipinski definition) is 1. The third kappa shape index (κ3) is 4.29. The standard InChI is InChI=1S/C34H39OP/c1-25-26(2)33(35)27(3)31-20-21-34(4,24-32(25)31)22-23-36(28-14-8-5-9-15-28,29-16-10-6-11-17-29)30-18-12-7-13-19-30/h5-19,35-36H,20-24H2,1-4H3. The first-order valence-electron chi connectivity index (χ1n) is 13.3. The molecule has 186 valence electrons. The predicted molar refractivity (Wildman–Crippen MR) is 158 cm³/mol. The molecule has 5 rings (SSSR count). The second kappa shape index (κ2) is 9.87. The average molecular weight is 495 g/mol. The molecule has 36 heavy (non-hydrogen) atoms. The van der Waals surface area contributed by atoms with Gasteiger partial charge < -0.3 is 0 Å². The van der Waals surface area contributed by atoms with Crippen molar-refractivity contribution in [3.8, 4) is 5.75 Å². The Labute approximate surface area is 217 Å². The SMILES string of the molecule is Cc1c(C)c2c(c(C)c1O)CCC(C)(CC[PH](c1ccccc1)(c1ccccc1)c1ccccc1)C2. The molecule has 0 bridgehead atoms. The number of phenols is 1. The van der Waals surface area contributed by atoms with Crippen LogP contribution >= 0.6 is 7.26 Å². The maximum absolute atomic E-state index is 10.7. The fourth-order valence-corrected chi connectivity index (χ4v) is 11.7. The molecule has 4 aromatic carbocycles. The molecule has 0 fully saturated rings. The normalized spacial score (nSPS) is 18.0. The third-order valence-corrected chi connectivity index (χ3v) is 14.0. The summed E-state index contributed by atoms with van der Waals surface area (Å²) in [7, 11) is -2.23. The minimum atomic E-state index is -2.23. The van der Waals surface area contributed by atoms with Crippen molar-refractivity contribution in [2.75, 3.05) is 6.16 Å². The van der Waals surface area contributed by atoms with Gasteiger partial charge >= 0.3 is 218 Å². The Morgan fingerprint density at radius 3 is 1.61 bits per heavy atom. The van der Waals surface area contributed by atoms with Crippen LogP contribution in [-0.4, -0.2) is 11.3 Å². The molecule has 0 spiro atoms. The molecule has 1 aliphatic rings. The van der Waals surface area contributed by atoms with Crippen LogP contribution < -0.4 is 15.9 Å². The van der Waals surface area contributed by atoms with Crippen molar-refractivity contribution in [1.29, 1.82) is 0 Å². The van der Waals surface area contributed by atoms with E-state index < -0.39 is 7.26 Å². The van der Waals surface area contributed by atoms with Gasteiger partial charge in [-0.15, -0.1) is 0 Å². The van der Waals surface area contributed by atoms with Crippen LogP contribution in [0, 0.1) is 26.2 Å². The first-order chi connectivity index (χ1) is 17.4. The number of phenolic OH excluding ortho intramolecular Hbond substituents is 1. The molecule has 0 aromatic heterocycles. The second-order valence-electron chi connectivity index (χ2n) is 11.2. The van der Waals surface area contributed by atoms with E-state index in [-0.39, 0.29) is 5.41 Å². The molecule has 1 unspecified atom stereocenters. The molecule has 0 radical (unpaired) electrons. The molecule has 2 heteroatoms. The monoisotopic (exact) mass is 494 g/mol. The Morgan fingerprint density at radius 2 is 1.14 bits per heavy atom. The topological polar surface area (TPSA) is 20.2 Å². The summed E-state index contributed by atoms with van der Waals surface area (Å²) in [5, 5.41) is 15.2. The first kappa shape index (κ1) is 24.8. The molecular formula is C34H39OP. The minimum absolute atomic E-state index is 0.240. The Bertz CT molecular complexity index is 1250. The Morgan fingerprint density at radius 1 is 0.667 bits per heavy atom. The van der Waals surface area contributed by atoms with Gasteiger partial charge in [-0.2, -0.15) is 0 Å². The van der Waals surface area contributed by atoms with Gasteiger partial charge in [0.15, 0.2) is 0 Å². The summed E-state index contributed by atoms with van der Waals surface area (Å²) in [5.74, 6) is 0.499. The van der Waals surface area contributed by atoms with E-state index in [4.69, 9.17) is 0 Å². The quantitative estimate of drug-likeness (QED) is 0.288. The van der Waals surface area contributed by atoms with E-state index in [0.29, 0.717) is 5.75 Å². The van der Waals surface area contributed by atoms with Gasteiger partial charge in [-0.1, -0.05) is 0 Å². The van der Waals surface area contributed by atoms with E-state index in [0.717, 1.165) is 24.0 Å². The van der Waals surface area contributed by atoms with Gasteiger partial charge in [-0.25, -0.2) is 0 Å². The van der Waals surface area contributed by atoms with Gasteiger partial charge in [0.1, 0.15) is 0 Å². The summed E-state index contributed by atoms with van der Waals surface area (Å²) in [5.41, 5.74) is 6.56. The van der Waals surface area contributed by atoms with Crippen molar-refractivity contribution in [3.05, 3.63) is 119 Å². The van der Waals surface area contributed by atoms with E-state index in [2.05, 4.69) is 119 Å². The van der Waals surface area contributed by atoms with Crippen LogP contribution in [0.3, 0.4) is 0 Å². The van der Waals surface area contributed by atoms with Crippen molar-refractivity contribution in [2.45, 2.75) is 53.4 Å². The van der Waals surface area contributed by atoms with Crippen LogP contribution in [0.4, 0.5) is 0 Å². The van der Waals surface area contributed by atoms with Gasteiger partial charge in [0.05, 0.1) is 0 Å². The second-order valence-corrected chi connectivity index (χ2v) is 15.2. The number of rotatable bonds is 6. The molecule has 1 aliphatic carbocycles. The molecule has 0 saturated carbocycles. The first-order valence-corrected chi connectivity index (χ1v) is 15.5. The average Bonchev–Trinajstić information content (AvgIpc) is 2.93. The Balaban J connectivity index is 1.58. The van der Waals surface area contributed by atoms with E-state index in [1.165, 1.54) is 51.6 Å². The zero-order valence-corrected chi connectivity index (χ0v) is 23.1. The fourth-order valence-electron chi connectivity index (χ4n) is 6.60. The van der Waals surface area contributed by atoms with Gasteiger partial charge in [0.2, 0.25) is 0 Å². The van der Waals surface area contributed by atoms with Crippen molar-refractivity contribution >= 4 is 23.2 Å². The molecule has 0 amide bonds. The fraction of sp³-hybridized carbons (Fsp3) is 0.294. The van der Waals surface area contributed by atoms with E-state index >= 15 is 0 Å². The van der Waals surface area contributed by atoms with Crippen LogP contribution in [0.2, 0.25) is 0 Å². The third-order valence-electron chi connectivity index (χ3n) is 9.03. The van der Waals surface area contributed by atoms with Crippen LogP contribution in [0.5, 0.6) is 5.75 Å². The summed E-state index contributed by atoms with van der Waals surface area (Å²) in [6, 6.07) is 33.9. The van der Waals surface area contributed by atoms with Crippen molar-refractivity contribution in [3.63, 3.8) is 0 Å². The summed E-state index contributed by atoms with van der Waals surface area (Å²) < 4.78 is 0. The molecule has 0 saturated heterocycles. The van der Waals surface area contributed by atoms with Gasteiger partial charge in [-0.05, 0) is 0 Å². The summed E-state index contributed by atoms with van der Waals surface area (Å²) >= 11 is 0. The zero-order chi connectivity index (χ0) is 25.3. The van der Waals surface area contributed by atoms with Crippen molar-refractivity contribution in [2.24, 2.45) is 5.41 Å². The number of aromatic hydroxyl groups is 1. The van der Waals surface area contributed by atoms with E-state index in [1.54, 1.807) is 0 Å². The molecule has 1 atom stereocenters. The molecular weight excluding hydrogens is 455 g/mol. The number of fused-ring (bicyclic) bond motifs is 1. The summed E-state index contributed by atoms with van der Waals surface area (Å²) in [6.07, 6.45) is 5.70. The zero-order valence-electron chi connectivity index (χ0n) is 22.1. The van der Waals surface area contributed by atoms with E-state index in [9.17, 15) is 5.11 Å². The molecule has 1 nitrogen and oxygen atoms in total. The van der Waals surface area contributed by atoms with Crippen LogP contribution in [-0.2, 0) is 12.8 Å². The summed E-state index contributed by atoms with van der Waals surface area (Å²) in [6.45, 7) is 8.88. The Hall–Kier alpha value is -2.89. The molecule has 0 heterocycles.